The van der Waals surface area contributed by atoms with Crippen LogP contribution in [0.5, 0.6) is 5.75 Å². The van der Waals surface area contributed by atoms with Crippen LogP contribution in [0.25, 0.3) is 22.3 Å². The first-order chi connectivity index (χ1) is 20.3. The van der Waals surface area contributed by atoms with Gasteiger partial charge in [0.25, 0.3) is 5.91 Å². The predicted molar refractivity (Wildman–Crippen MR) is 152 cm³/mol. The van der Waals surface area contributed by atoms with E-state index in [0.29, 0.717) is 21.4 Å². The zero-order chi connectivity index (χ0) is 31.1. The van der Waals surface area contributed by atoms with Crippen molar-refractivity contribution >= 4 is 38.8 Å². The maximum absolute atomic E-state index is 14.6. The second-order valence-electron chi connectivity index (χ2n) is 10.2. The molecule has 14 heteroatoms. The predicted octanol–water partition coefficient (Wildman–Crippen LogP) is 5.01. The van der Waals surface area contributed by atoms with Crippen molar-refractivity contribution in [2.24, 2.45) is 5.73 Å². The van der Waals surface area contributed by atoms with Crippen LogP contribution in [0.15, 0.2) is 46.9 Å². The molecule has 5 rings (SSSR count). The van der Waals surface area contributed by atoms with Gasteiger partial charge in [-0.05, 0) is 78.2 Å². The molecule has 43 heavy (non-hydrogen) atoms. The summed E-state index contributed by atoms with van der Waals surface area (Å²) in [6.07, 6.45) is -3.90. The molecule has 0 saturated heterocycles. The molecule has 1 aliphatic rings. The average molecular weight is 664 g/mol. The number of imidazole rings is 1. The third-order valence-electron chi connectivity index (χ3n) is 7.00. The normalized spacial score (nSPS) is 14.9. The Morgan fingerprint density at radius 3 is 2.47 bits per heavy atom. The molecule has 1 aliphatic carbocycles. The third kappa shape index (κ3) is 6.20. The van der Waals surface area contributed by atoms with Crippen molar-refractivity contribution in [1.29, 1.82) is 0 Å². The van der Waals surface area contributed by atoms with Crippen molar-refractivity contribution in [3.63, 3.8) is 0 Å². The zero-order valence-electron chi connectivity index (χ0n) is 22.7. The lowest BCUT2D eigenvalue weighted by molar-refractivity contribution is -0.265. The minimum Gasteiger partial charge on any atom is -0.491 e. The number of benzene rings is 2. The average Bonchev–Trinajstić information content (AvgIpc) is 3.70. The molecule has 2 amide bonds. The maximum Gasteiger partial charge on any atom is 0.424 e. The van der Waals surface area contributed by atoms with Gasteiger partial charge in [0.15, 0.2) is 0 Å². The van der Waals surface area contributed by atoms with Crippen molar-refractivity contribution in [2.75, 3.05) is 13.2 Å². The Balaban J connectivity index is 1.54. The van der Waals surface area contributed by atoms with E-state index >= 15 is 0 Å². The number of halogens is 5. The van der Waals surface area contributed by atoms with E-state index in [1.165, 1.54) is 24.3 Å². The number of carbonyl (C=O) groups excluding carboxylic acids is 2. The first-order valence-electron chi connectivity index (χ1n) is 13.3. The van der Waals surface area contributed by atoms with Gasteiger partial charge in [-0.2, -0.15) is 13.2 Å². The number of carbonyl (C=O) groups is 2. The van der Waals surface area contributed by atoms with Crippen LogP contribution in [0.2, 0.25) is 0 Å². The first-order valence-corrected chi connectivity index (χ1v) is 14.1. The van der Waals surface area contributed by atoms with E-state index < -0.39 is 48.1 Å². The summed E-state index contributed by atoms with van der Waals surface area (Å²) in [5.74, 6) is -1.35. The number of nitrogens with two attached hydrogens (primary N) is 1. The van der Waals surface area contributed by atoms with E-state index in [1.807, 2.05) is 0 Å². The molecule has 4 aromatic rings. The fourth-order valence-electron chi connectivity index (χ4n) is 4.65. The summed E-state index contributed by atoms with van der Waals surface area (Å²) < 4.78 is 63.5. The van der Waals surface area contributed by atoms with Gasteiger partial charge in [-0.1, -0.05) is 0 Å². The van der Waals surface area contributed by atoms with E-state index in [4.69, 9.17) is 10.5 Å². The standard InChI is InChI=1S/C29H26BrF4N5O4/c1-2-43-25-16(12-22(35)40)11-21(38-23(25)14-5-7-18(31)8-6-14)28(42,29(32,33)34)13-36-27(41)17-9-19(30)24-20(10-17)37-26(39-24)15-3-4-15/h5-11,15,42H,2-4,12-13H2,1H3,(H2,35,40)(H,36,41)(H,37,39)/t28-/m0/s1. The summed E-state index contributed by atoms with van der Waals surface area (Å²) in [6.45, 7) is 0.351. The lowest BCUT2D eigenvalue weighted by Crippen LogP contribution is -2.51. The molecule has 2 aromatic carbocycles. The molecule has 0 bridgehead atoms. The van der Waals surface area contributed by atoms with Crippen LogP contribution in [0.3, 0.4) is 0 Å². The Hall–Kier alpha value is -4.04. The Kier molecular flexibility index (Phi) is 8.18. The number of nitrogens with one attached hydrogen (secondary N) is 2. The Labute approximate surface area is 251 Å². The van der Waals surface area contributed by atoms with Crippen LogP contribution < -0.4 is 15.8 Å². The number of hydrogen-bond acceptors (Lipinski definition) is 6. The number of hydrogen-bond donors (Lipinski definition) is 4. The van der Waals surface area contributed by atoms with Gasteiger partial charge < -0.3 is 25.9 Å². The van der Waals surface area contributed by atoms with Gasteiger partial charge in [0.05, 0.1) is 30.8 Å². The van der Waals surface area contributed by atoms with E-state index in [0.717, 1.165) is 36.9 Å². The van der Waals surface area contributed by atoms with Gasteiger partial charge in [-0.15, -0.1) is 0 Å². The first kappa shape index (κ1) is 30.4. The fraction of sp³-hybridized carbons (Fsp3) is 0.310. The van der Waals surface area contributed by atoms with Crippen molar-refractivity contribution < 1.29 is 37.0 Å². The minimum absolute atomic E-state index is 0.0240. The van der Waals surface area contributed by atoms with Gasteiger partial charge in [0, 0.05) is 27.1 Å². The van der Waals surface area contributed by atoms with Crippen LogP contribution in [-0.2, 0) is 16.8 Å². The van der Waals surface area contributed by atoms with Gasteiger partial charge in [0.1, 0.15) is 28.6 Å². The number of pyridine rings is 1. The molecule has 5 N–H and O–H groups in total. The highest BCUT2D eigenvalue weighted by atomic mass is 79.9. The van der Waals surface area contributed by atoms with Crippen LogP contribution in [-0.4, -0.2) is 51.2 Å². The molecule has 0 spiro atoms. The number of H-pyrrole nitrogens is 1. The van der Waals surface area contributed by atoms with E-state index in [-0.39, 0.29) is 34.7 Å². The smallest absolute Gasteiger partial charge is 0.424 e. The lowest BCUT2D eigenvalue weighted by atomic mass is 9.93. The van der Waals surface area contributed by atoms with Crippen LogP contribution in [0.4, 0.5) is 17.6 Å². The molecule has 2 heterocycles. The lowest BCUT2D eigenvalue weighted by Gasteiger charge is -2.31. The number of ether oxygens (including phenoxy) is 1. The van der Waals surface area contributed by atoms with E-state index in [1.54, 1.807) is 6.92 Å². The van der Waals surface area contributed by atoms with Gasteiger partial charge in [-0.3, -0.25) is 9.59 Å². The number of nitrogens with zero attached hydrogens (tertiary/aromatic N) is 2. The van der Waals surface area contributed by atoms with Gasteiger partial charge in [0.2, 0.25) is 11.5 Å². The number of aromatic nitrogens is 3. The highest BCUT2D eigenvalue weighted by Crippen LogP contribution is 2.42. The largest absolute Gasteiger partial charge is 0.491 e. The molecule has 2 aromatic heterocycles. The highest BCUT2D eigenvalue weighted by molar-refractivity contribution is 9.10. The van der Waals surface area contributed by atoms with Gasteiger partial charge >= 0.3 is 6.18 Å². The summed E-state index contributed by atoms with van der Waals surface area (Å²) in [6, 6.07) is 8.45. The zero-order valence-corrected chi connectivity index (χ0v) is 24.3. The van der Waals surface area contributed by atoms with Crippen LogP contribution in [0.1, 0.15) is 53.1 Å². The van der Waals surface area contributed by atoms with Gasteiger partial charge in [-0.25, -0.2) is 14.4 Å². The van der Waals surface area contributed by atoms with Crippen LogP contribution in [0, 0.1) is 5.82 Å². The topological polar surface area (TPSA) is 143 Å². The van der Waals surface area contributed by atoms with Crippen molar-refractivity contribution in [2.45, 2.75) is 43.9 Å². The number of alkyl halides is 3. The second kappa shape index (κ2) is 11.6. The molecule has 226 valence electrons. The summed E-state index contributed by atoms with van der Waals surface area (Å²) >= 11 is 3.36. The van der Waals surface area contributed by atoms with Crippen molar-refractivity contribution in [3.8, 4) is 17.0 Å². The molecule has 0 unspecified atom stereocenters. The highest BCUT2D eigenvalue weighted by Gasteiger charge is 2.56. The van der Waals surface area contributed by atoms with E-state index in [2.05, 4.69) is 36.2 Å². The SMILES string of the molecule is CCOc1c(CC(N)=O)cc([C@@](O)(CNC(=O)c2cc(Br)c3nc(C4CC4)[nH]c3c2)C(F)(F)F)nc1-c1ccc(F)cc1. The number of aromatic amines is 1. The molecular weight excluding hydrogens is 638 g/mol. The third-order valence-corrected chi connectivity index (χ3v) is 7.61. The summed E-state index contributed by atoms with van der Waals surface area (Å²) in [5, 5.41) is 13.3. The minimum atomic E-state index is -5.34. The molecule has 0 aliphatic heterocycles. The Bertz CT molecular complexity index is 1710. The number of rotatable bonds is 10. The maximum atomic E-state index is 14.6. The van der Waals surface area contributed by atoms with Crippen LogP contribution >= 0.6 is 15.9 Å². The fourth-order valence-corrected chi connectivity index (χ4v) is 5.20. The number of fused-ring (bicyclic) bond motifs is 1. The molecule has 1 fully saturated rings. The molecule has 9 nitrogen and oxygen atoms in total. The molecular formula is C29H26BrF4N5O4. The summed E-state index contributed by atoms with van der Waals surface area (Å²) in [7, 11) is 0. The van der Waals surface area contributed by atoms with Crippen molar-refractivity contribution in [1.82, 2.24) is 20.3 Å². The molecule has 0 radical (unpaired) electrons. The monoisotopic (exact) mass is 663 g/mol. The van der Waals surface area contributed by atoms with Crippen molar-refractivity contribution in [3.05, 3.63) is 75.4 Å². The number of primary amides is 1. The quantitative estimate of drug-likeness (QED) is 0.176. The molecule has 1 atom stereocenters. The Morgan fingerprint density at radius 1 is 1.16 bits per heavy atom. The summed E-state index contributed by atoms with van der Waals surface area (Å²) in [5.41, 5.74) is 1.78. The van der Waals surface area contributed by atoms with E-state index in [9.17, 15) is 32.3 Å². The second-order valence-corrected chi connectivity index (χ2v) is 11.1. The summed E-state index contributed by atoms with van der Waals surface area (Å²) in [4.78, 5) is 36.7. The number of aliphatic hydroxyl groups is 1. The molecule has 1 saturated carbocycles. The Morgan fingerprint density at radius 2 is 1.86 bits per heavy atom. The number of amides is 2.